The van der Waals surface area contributed by atoms with Gasteiger partial charge in [0.15, 0.2) is 0 Å². The van der Waals surface area contributed by atoms with Gasteiger partial charge in [-0.05, 0) is 44.9 Å². The van der Waals surface area contributed by atoms with Crippen molar-refractivity contribution >= 4 is 0 Å². The molecule has 4 atom stereocenters. The van der Waals surface area contributed by atoms with Gasteiger partial charge >= 0.3 is 0 Å². The van der Waals surface area contributed by atoms with Gasteiger partial charge < -0.3 is 9.47 Å². The van der Waals surface area contributed by atoms with Crippen molar-refractivity contribution < 1.29 is 9.47 Å². The van der Waals surface area contributed by atoms with E-state index in [0.29, 0.717) is 12.2 Å². The maximum absolute atomic E-state index is 5.56. The average Bonchev–Trinajstić information content (AvgIpc) is 2.62. The Hall–Kier alpha value is -0.0800. The first kappa shape index (κ1) is 9.47. The molecule has 0 amide bonds. The van der Waals surface area contributed by atoms with Crippen molar-refractivity contribution in [2.24, 2.45) is 11.8 Å². The van der Waals surface area contributed by atoms with Crippen LogP contribution in [0.3, 0.4) is 0 Å². The van der Waals surface area contributed by atoms with Gasteiger partial charge in [0.25, 0.3) is 0 Å². The summed E-state index contributed by atoms with van der Waals surface area (Å²) >= 11 is 0. The summed E-state index contributed by atoms with van der Waals surface area (Å²) < 4.78 is 11.1. The lowest BCUT2D eigenvalue weighted by Gasteiger charge is -2.12. The van der Waals surface area contributed by atoms with Crippen molar-refractivity contribution in [2.75, 3.05) is 13.2 Å². The fourth-order valence-corrected chi connectivity index (χ4v) is 2.61. The lowest BCUT2D eigenvalue weighted by molar-refractivity contribution is 0.112. The molecule has 2 aliphatic rings. The molecule has 0 aromatic carbocycles. The van der Waals surface area contributed by atoms with Gasteiger partial charge in [0.2, 0.25) is 0 Å². The molecule has 2 saturated heterocycles. The van der Waals surface area contributed by atoms with Crippen LogP contribution in [0.5, 0.6) is 0 Å². The van der Waals surface area contributed by atoms with Crippen molar-refractivity contribution in [3.63, 3.8) is 0 Å². The van der Waals surface area contributed by atoms with Crippen LogP contribution in [0.25, 0.3) is 0 Å². The monoisotopic (exact) mass is 184 g/mol. The highest BCUT2D eigenvalue weighted by molar-refractivity contribution is 4.77. The largest absolute Gasteiger partial charge is 0.378 e. The summed E-state index contributed by atoms with van der Waals surface area (Å²) in [6.07, 6.45) is 4.80. The summed E-state index contributed by atoms with van der Waals surface area (Å²) in [5.74, 6) is 1.60. The third-order valence-electron chi connectivity index (χ3n) is 3.23. The first-order valence-corrected chi connectivity index (χ1v) is 5.47. The highest BCUT2D eigenvalue weighted by atomic mass is 16.5. The van der Waals surface area contributed by atoms with E-state index in [1.165, 1.54) is 19.3 Å². The lowest BCUT2D eigenvalue weighted by Crippen LogP contribution is -2.09. The van der Waals surface area contributed by atoms with Gasteiger partial charge in [0, 0.05) is 13.2 Å². The van der Waals surface area contributed by atoms with E-state index in [4.69, 9.17) is 9.47 Å². The Labute approximate surface area is 80.6 Å². The summed E-state index contributed by atoms with van der Waals surface area (Å²) in [4.78, 5) is 0. The van der Waals surface area contributed by atoms with Gasteiger partial charge in [-0.3, -0.25) is 0 Å². The van der Waals surface area contributed by atoms with Crippen LogP contribution in [0.15, 0.2) is 0 Å². The Bertz CT molecular complexity index is 151. The second-order valence-electron chi connectivity index (χ2n) is 4.73. The molecule has 2 rings (SSSR count). The van der Waals surface area contributed by atoms with Gasteiger partial charge in [0.05, 0.1) is 12.2 Å². The number of ether oxygens (including phenoxy) is 2. The zero-order valence-electron chi connectivity index (χ0n) is 8.66. The number of hydrogen-bond acceptors (Lipinski definition) is 2. The first-order valence-electron chi connectivity index (χ1n) is 5.47. The molecule has 0 N–H and O–H groups in total. The van der Waals surface area contributed by atoms with E-state index in [1.54, 1.807) is 0 Å². The molecule has 0 aromatic heterocycles. The van der Waals surface area contributed by atoms with Crippen LogP contribution >= 0.6 is 0 Å². The second-order valence-corrected chi connectivity index (χ2v) is 4.73. The molecule has 0 bridgehead atoms. The fourth-order valence-electron chi connectivity index (χ4n) is 2.61. The van der Waals surface area contributed by atoms with Gasteiger partial charge in [-0.25, -0.2) is 0 Å². The number of rotatable bonds is 2. The van der Waals surface area contributed by atoms with Gasteiger partial charge in [0.1, 0.15) is 0 Å². The van der Waals surface area contributed by atoms with Crippen LogP contribution in [0.2, 0.25) is 0 Å². The maximum atomic E-state index is 5.56. The van der Waals surface area contributed by atoms with E-state index in [-0.39, 0.29) is 0 Å². The van der Waals surface area contributed by atoms with Crippen LogP contribution in [0.1, 0.15) is 33.1 Å². The van der Waals surface area contributed by atoms with Gasteiger partial charge in [-0.15, -0.1) is 0 Å². The fraction of sp³-hybridized carbons (Fsp3) is 1.00. The molecule has 0 aliphatic carbocycles. The molecule has 0 saturated carbocycles. The molecule has 2 nitrogen and oxygen atoms in total. The predicted molar refractivity (Wildman–Crippen MR) is 51.7 cm³/mol. The Morgan fingerprint density at radius 3 is 1.69 bits per heavy atom. The maximum Gasteiger partial charge on any atom is 0.0550 e. The van der Waals surface area contributed by atoms with Crippen molar-refractivity contribution in [3.05, 3.63) is 0 Å². The smallest absolute Gasteiger partial charge is 0.0550 e. The van der Waals surface area contributed by atoms with E-state index in [0.717, 1.165) is 25.0 Å². The minimum absolute atomic E-state index is 0.491. The van der Waals surface area contributed by atoms with Crippen LogP contribution in [-0.4, -0.2) is 25.4 Å². The van der Waals surface area contributed by atoms with Gasteiger partial charge in [-0.2, -0.15) is 0 Å². The molecule has 0 aromatic rings. The normalized spacial score (nSPS) is 45.7. The predicted octanol–water partition coefficient (Wildman–Crippen LogP) is 2.23. The van der Waals surface area contributed by atoms with Crippen LogP contribution in [-0.2, 0) is 9.47 Å². The van der Waals surface area contributed by atoms with Crippen molar-refractivity contribution in [3.8, 4) is 0 Å². The first-order chi connectivity index (χ1) is 6.24. The minimum Gasteiger partial charge on any atom is -0.378 e. The Morgan fingerprint density at radius 2 is 1.38 bits per heavy atom. The third-order valence-corrected chi connectivity index (χ3v) is 3.23. The van der Waals surface area contributed by atoms with E-state index >= 15 is 0 Å². The van der Waals surface area contributed by atoms with E-state index in [2.05, 4.69) is 13.8 Å². The molecule has 4 unspecified atom stereocenters. The lowest BCUT2D eigenvalue weighted by atomic mass is 9.91. The molecule has 2 heterocycles. The van der Waals surface area contributed by atoms with E-state index in [1.807, 2.05) is 0 Å². The summed E-state index contributed by atoms with van der Waals surface area (Å²) in [6, 6.07) is 0. The highest BCUT2D eigenvalue weighted by Gasteiger charge is 2.28. The SMILES string of the molecule is CC1CC(CC2COC(C)C2)CO1. The quantitative estimate of drug-likeness (QED) is 0.655. The zero-order valence-corrected chi connectivity index (χ0v) is 8.66. The molecule has 0 radical (unpaired) electrons. The zero-order chi connectivity index (χ0) is 9.26. The highest BCUT2D eigenvalue weighted by Crippen LogP contribution is 2.30. The molecule has 2 aliphatic heterocycles. The van der Waals surface area contributed by atoms with Crippen LogP contribution in [0, 0.1) is 11.8 Å². The topological polar surface area (TPSA) is 18.5 Å². The number of hydrogen-bond donors (Lipinski definition) is 0. The summed E-state index contributed by atoms with van der Waals surface area (Å²) in [5, 5.41) is 0. The Morgan fingerprint density at radius 1 is 0.923 bits per heavy atom. The van der Waals surface area contributed by atoms with Crippen LogP contribution < -0.4 is 0 Å². The van der Waals surface area contributed by atoms with Crippen molar-refractivity contribution in [2.45, 2.75) is 45.3 Å². The average molecular weight is 184 g/mol. The molecule has 13 heavy (non-hydrogen) atoms. The minimum atomic E-state index is 0.491. The van der Waals surface area contributed by atoms with Crippen molar-refractivity contribution in [1.82, 2.24) is 0 Å². The molecule has 0 spiro atoms. The van der Waals surface area contributed by atoms with Crippen molar-refractivity contribution in [1.29, 1.82) is 0 Å². The van der Waals surface area contributed by atoms with Gasteiger partial charge in [-0.1, -0.05) is 0 Å². The Balaban J connectivity index is 1.72. The molecule has 2 heteroatoms. The molecule has 2 fully saturated rings. The summed E-state index contributed by atoms with van der Waals surface area (Å²) in [6.45, 7) is 6.31. The molecular formula is C11H20O2. The van der Waals surface area contributed by atoms with Crippen LogP contribution in [0.4, 0.5) is 0 Å². The standard InChI is InChI=1S/C11H20O2/c1-8-3-10(6-12-8)5-11-4-9(2)13-7-11/h8-11H,3-7H2,1-2H3. The molecular weight excluding hydrogens is 164 g/mol. The van der Waals surface area contributed by atoms with E-state index in [9.17, 15) is 0 Å². The second kappa shape index (κ2) is 3.97. The molecule has 76 valence electrons. The van der Waals surface area contributed by atoms with E-state index < -0.39 is 0 Å². The summed E-state index contributed by atoms with van der Waals surface area (Å²) in [7, 11) is 0. The third kappa shape index (κ3) is 2.44. The summed E-state index contributed by atoms with van der Waals surface area (Å²) in [5.41, 5.74) is 0. The Kier molecular flexibility index (Phi) is 2.89.